The molecule has 0 N–H and O–H groups in total. The van der Waals surface area contributed by atoms with Gasteiger partial charge in [-0.15, -0.1) is 0 Å². The second-order valence-electron chi connectivity index (χ2n) is 4.46. The molecule has 5 heteroatoms. The first-order chi connectivity index (χ1) is 10.2. The van der Waals surface area contributed by atoms with Crippen molar-refractivity contribution in [3.63, 3.8) is 0 Å². The van der Waals surface area contributed by atoms with Crippen LogP contribution in [0.1, 0.15) is 36.0 Å². The first kappa shape index (κ1) is 17.1. The van der Waals surface area contributed by atoms with Crippen molar-refractivity contribution >= 4 is 5.97 Å². The summed E-state index contributed by atoms with van der Waals surface area (Å²) >= 11 is 0. The molecule has 0 aliphatic rings. The SMILES string of the molecule is [CH2]CCCCCOC(=O)c1cc(OC)c(OC)c(OC)c1. The molecule has 117 valence electrons. The number of hydrogen-bond acceptors (Lipinski definition) is 5. The second kappa shape index (κ2) is 9.10. The van der Waals surface area contributed by atoms with E-state index in [0.29, 0.717) is 29.4 Å². The van der Waals surface area contributed by atoms with Crippen LogP contribution < -0.4 is 14.2 Å². The Morgan fingerprint density at radius 1 is 1.00 bits per heavy atom. The number of hydrogen-bond donors (Lipinski definition) is 0. The van der Waals surface area contributed by atoms with Crippen LogP contribution >= 0.6 is 0 Å². The lowest BCUT2D eigenvalue weighted by atomic mass is 10.2. The van der Waals surface area contributed by atoms with E-state index in [9.17, 15) is 4.79 Å². The predicted octanol–water partition coefficient (Wildman–Crippen LogP) is 3.26. The number of carbonyl (C=O) groups excluding carboxylic acids is 1. The molecule has 0 aromatic heterocycles. The lowest BCUT2D eigenvalue weighted by molar-refractivity contribution is 0.0497. The molecular weight excluding hydrogens is 272 g/mol. The van der Waals surface area contributed by atoms with Crippen molar-refractivity contribution in [3.05, 3.63) is 24.6 Å². The third-order valence-corrected chi connectivity index (χ3v) is 3.03. The van der Waals surface area contributed by atoms with Crippen molar-refractivity contribution in [2.45, 2.75) is 25.7 Å². The van der Waals surface area contributed by atoms with E-state index in [1.807, 2.05) is 0 Å². The lowest BCUT2D eigenvalue weighted by Gasteiger charge is -2.13. The number of esters is 1. The predicted molar refractivity (Wildman–Crippen MR) is 80.2 cm³/mol. The highest BCUT2D eigenvalue weighted by atomic mass is 16.5. The maximum absolute atomic E-state index is 12.0. The Bertz CT molecular complexity index is 431. The average molecular weight is 295 g/mol. The third kappa shape index (κ3) is 4.85. The summed E-state index contributed by atoms with van der Waals surface area (Å²) in [4.78, 5) is 12.0. The molecule has 21 heavy (non-hydrogen) atoms. The van der Waals surface area contributed by atoms with Gasteiger partial charge in [0.15, 0.2) is 11.5 Å². The fourth-order valence-electron chi connectivity index (χ4n) is 1.90. The van der Waals surface area contributed by atoms with Crippen LogP contribution in [0, 0.1) is 6.92 Å². The van der Waals surface area contributed by atoms with Crippen LogP contribution in [0.4, 0.5) is 0 Å². The van der Waals surface area contributed by atoms with Crippen LogP contribution in [-0.2, 0) is 4.74 Å². The largest absolute Gasteiger partial charge is 0.493 e. The van der Waals surface area contributed by atoms with Gasteiger partial charge in [-0.25, -0.2) is 4.79 Å². The number of methoxy groups -OCH3 is 3. The monoisotopic (exact) mass is 295 g/mol. The highest BCUT2D eigenvalue weighted by molar-refractivity contribution is 5.91. The van der Waals surface area contributed by atoms with Gasteiger partial charge in [0.1, 0.15) is 0 Å². The minimum absolute atomic E-state index is 0.377. The maximum atomic E-state index is 12.0. The number of ether oxygens (including phenoxy) is 4. The number of unbranched alkanes of at least 4 members (excludes halogenated alkanes) is 3. The van der Waals surface area contributed by atoms with Crippen LogP contribution in [0.15, 0.2) is 12.1 Å². The normalized spacial score (nSPS) is 10.1. The van der Waals surface area contributed by atoms with Crippen LogP contribution in [0.5, 0.6) is 17.2 Å². The summed E-state index contributed by atoms with van der Waals surface area (Å²) in [7, 11) is 4.53. The second-order valence-corrected chi connectivity index (χ2v) is 4.46. The van der Waals surface area contributed by atoms with Gasteiger partial charge in [0.2, 0.25) is 5.75 Å². The van der Waals surface area contributed by atoms with Crippen LogP contribution in [0.3, 0.4) is 0 Å². The third-order valence-electron chi connectivity index (χ3n) is 3.03. The topological polar surface area (TPSA) is 54.0 Å². The molecule has 0 saturated carbocycles. The van der Waals surface area contributed by atoms with Crippen molar-refractivity contribution in [3.8, 4) is 17.2 Å². The van der Waals surface area contributed by atoms with Crippen LogP contribution in [-0.4, -0.2) is 33.9 Å². The average Bonchev–Trinajstić information content (AvgIpc) is 2.52. The zero-order valence-corrected chi connectivity index (χ0v) is 12.9. The van der Waals surface area contributed by atoms with E-state index >= 15 is 0 Å². The molecule has 0 unspecified atom stereocenters. The Morgan fingerprint density at radius 2 is 1.62 bits per heavy atom. The highest BCUT2D eigenvalue weighted by Crippen LogP contribution is 2.38. The van der Waals surface area contributed by atoms with Gasteiger partial charge in [-0.2, -0.15) is 0 Å². The van der Waals surface area contributed by atoms with Gasteiger partial charge in [-0.3, -0.25) is 0 Å². The van der Waals surface area contributed by atoms with Crippen LogP contribution in [0.2, 0.25) is 0 Å². The van der Waals surface area contributed by atoms with Crippen molar-refractivity contribution in [1.29, 1.82) is 0 Å². The minimum atomic E-state index is -0.399. The summed E-state index contributed by atoms with van der Waals surface area (Å²) in [5.41, 5.74) is 0.377. The van der Waals surface area contributed by atoms with Gasteiger partial charge in [0.25, 0.3) is 0 Å². The minimum Gasteiger partial charge on any atom is -0.493 e. The zero-order valence-electron chi connectivity index (χ0n) is 12.9. The smallest absolute Gasteiger partial charge is 0.338 e. The molecule has 0 saturated heterocycles. The Labute approximate surface area is 126 Å². The van der Waals surface area contributed by atoms with Gasteiger partial charge in [0, 0.05) is 0 Å². The Morgan fingerprint density at radius 3 is 2.10 bits per heavy atom. The molecule has 5 nitrogen and oxygen atoms in total. The molecule has 0 atom stereocenters. The van der Waals surface area contributed by atoms with E-state index in [4.69, 9.17) is 18.9 Å². The molecule has 0 fully saturated rings. The van der Waals surface area contributed by atoms with Crippen molar-refractivity contribution in [2.24, 2.45) is 0 Å². The number of benzene rings is 1. The quantitative estimate of drug-likeness (QED) is 0.517. The molecule has 0 spiro atoms. The fourth-order valence-corrected chi connectivity index (χ4v) is 1.90. The molecule has 1 radical (unpaired) electrons. The molecule has 1 rings (SSSR count). The molecule has 0 bridgehead atoms. The molecule has 1 aromatic rings. The van der Waals surface area contributed by atoms with E-state index in [2.05, 4.69) is 6.92 Å². The van der Waals surface area contributed by atoms with Crippen molar-refractivity contribution < 1.29 is 23.7 Å². The molecule has 0 heterocycles. The summed E-state index contributed by atoms with van der Waals surface area (Å²) in [6, 6.07) is 3.17. The van der Waals surface area contributed by atoms with Gasteiger partial charge in [-0.05, 0) is 18.6 Å². The Kier molecular flexibility index (Phi) is 7.43. The molecule has 0 aliphatic carbocycles. The Hall–Kier alpha value is -1.91. The maximum Gasteiger partial charge on any atom is 0.338 e. The van der Waals surface area contributed by atoms with Gasteiger partial charge in [-0.1, -0.05) is 26.2 Å². The summed E-state index contributed by atoms with van der Waals surface area (Å²) in [6.07, 6.45) is 3.79. The zero-order chi connectivity index (χ0) is 15.7. The van der Waals surface area contributed by atoms with Crippen molar-refractivity contribution in [1.82, 2.24) is 0 Å². The van der Waals surface area contributed by atoms with E-state index in [1.54, 1.807) is 12.1 Å². The molecular formula is C16H23O5. The number of rotatable bonds is 9. The first-order valence-corrected chi connectivity index (χ1v) is 6.94. The molecule has 0 aliphatic heterocycles. The fraction of sp³-hybridized carbons (Fsp3) is 0.500. The first-order valence-electron chi connectivity index (χ1n) is 6.94. The standard InChI is InChI=1S/C16H23O5/c1-5-6-7-8-9-21-16(17)12-10-13(18-2)15(20-4)14(11-12)19-3/h10-11H,1,5-9H2,2-4H3. The van der Waals surface area contributed by atoms with Crippen molar-refractivity contribution in [2.75, 3.05) is 27.9 Å². The summed E-state index contributed by atoms with van der Waals surface area (Å²) < 4.78 is 20.9. The van der Waals surface area contributed by atoms with Gasteiger partial charge in [0.05, 0.1) is 33.5 Å². The van der Waals surface area contributed by atoms with E-state index in [-0.39, 0.29) is 0 Å². The summed E-state index contributed by atoms with van der Waals surface area (Å²) in [5, 5.41) is 0. The van der Waals surface area contributed by atoms with Crippen LogP contribution in [0.25, 0.3) is 0 Å². The summed E-state index contributed by atoms with van der Waals surface area (Å²) in [5.74, 6) is 0.914. The van der Waals surface area contributed by atoms with Gasteiger partial charge >= 0.3 is 5.97 Å². The Balaban J connectivity index is 2.75. The highest BCUT2D eigenvalue weighted by Gasteiger charge is 2.17. The summed E-state index contributed by atoms with van der Waals surface area (Å²) in [6.45, 7) is 4.17. The number of carbonyl (C=O) groups is 1. The molecule has 0 amide bonds. The lowest BCUT2D eigenvalue weighted by Crippen LogP contribution is -2.08. The van der Waals surface area contributed by atoms with E-state index < -0.39 is 5.97 Å². The van der Waals surface area contributed by atoms with Gasteiger partial charge < -0.3 is 18.9 Å². The van der Waals surface area contributed by atoms with E-state index in [1.165, 1.54) is 21.3 Å². The molecule has 1 aromatic carbocycles. The van der Waals surface area contributed by atoms with E-state index in [0.717, 1.165) is 25.7 Å².